The zero-order valence-corrected chi connectivity index (χ0v) is 19.6. The van der Waals surface area contributed by atoms with Crippen molar-refractivity contribution in [2.24, 2.45) is 0 Å². The van der Waals surface area contributed by atoms with Crippen molar-refractivity contribution >= 4 is 25.0 Å². The standard InChI is InChI=1S/C22H31N3O6Si/c1-4-32(5-2,6-3)16-10-8-7-9-14(16)21(28)30-13-15-18(26)19(27)20(31-15)25-12-11-17(23)24-22(25)29/h7-12,15,18-20,26-27H,4-6,13H2,1-3H3,(H2,23,24,29)/t15-,18-,19-,20-/m1/s1. The summed E-state index contributed by atoms with van der Waals surface area (Å²) in [6, 6.07) is 12.0. The Kier molecular flexibility index (Phi) is 7.50. The van der Waals surface area contributed by atoms with Crippen LogP contribution < -0.4 is 16.6 Å². The molecule has 1 aliphatic rings. The number of aromatic nitrogens is 2. The molecule has 1 aromatic heterocycles. The lowest BCUT2D eigenvalue weighted by Gasteiger charge is -2.30. The highest BCUT2D eigenvalue weighted by atomic mass is 28.3. The molecule has 0 radical (unpaired) electrons. The van der Waals surface area contributed by atoms with E-state index in [1.807, 2.05) is 18.2 Å². The Bertz CT molecular complexity index is 1000. The van der Waals surface area contributed by atoms with Gasteiger partial charge in [-0.3, -0.25) is 4.57 Å². The van der Waals surface area contributed by atoms with Crippen LogP contribution in [0.25, 0.3) is 0 Å². The third-order valence-corrected chi connectivity index (χ3v) is 12.2. The summed E-state index contributed by atoms with van der Waals surface area (Å²) in [5.74, 6) is -0.456. The van der Waals surface area contributed by atoms with Crippen molar-refractivity contribution in [2.75, 3.05) is 12.3 Å². The predicted molar refractivity (Wildman–Crippen MR) is 122 cm³/mol. The lowest BCUT2D eigenvalue weighted by atomic mass is 10.1. The number of hydrogen-bond acceptors (Lipinski definition) is 8. The maximum Gasteiger partial charge on any atom is 0.351 e. The van der Waals surface area contributed by atoms with Crippen molar-refractivity contribution in [1.82, 2.24) is 9.55 Å². The maximum atomic E-state index is 13.0. The van der Waals surface area contributed by atoms with E-state index in [9.17, 15) is 19.8 Å². The lowest BCUT2D eigenvalue weighted by molar-refractivity contribution is -0.0598. The summed E-state index contributed by atoms with van der Waals surface area (Å²) in [7, 11) is -1.83. The minimum atomic E-state index is -1.83. The minimum Gasteiger partial charge on any atom is -0.459 e. The number of aliphatic hydroxyl groups is 2. The fraction of sp³-hybridized carbons (Fsp3) is 0.500. The van der Waals surface area contributed by atoms with E-state index in [0.717, 1.165) is 27.9 Å². The number of nitrogen functional groups attached to an aromatic ring is 1. The van der Waals surface area contributed by atoms with Crippen molar-refractivity contribution in [1.29, 1.82) is 0 Å². The molecule has 0 unspecified atom stereocenters. The number of carbonyl (C=O) groups is 1. The normalized spacial score (nSPS) is 23.3. The first kappa shape index (κ1) is 24.1. The number of aliphatic hydroxyl groups excluding tert-OH is 2. The van der Waals surface area contributed by atoms with E-state index in [1.54, 1.807) is 6.07 Å². The number of hydrogen-bond donors (Lipinski definition) is 3. The summed E-state index contributed by atoms with van der Waals surface area (Å²) in [5, 5.41) is 21.8. The van der Waals surface area contributed by atoms with E-state index in [1.165, 1.54) is 12.3 Å². The number of benzene rings is 1. The maximum absolute atomic E-state index is 13.0. The second-order valence-electron chi connectivity index (χ2n) is 8.07. The molecule has 32 heavy (non-hydrogen) atoms. The second kappa shape index (κ2) is 9.95. The number of esters is 1. The topological polar surface area (TPSA) is 137 Å². The monoisotopic (exact) mass is 461 g/mol. The SMILES string of the molecule is CC[Si](CC)(CC)c1ccccc1C(=O)OC[C@H]1O[C@@H](n2ccc(N)nc2=O)[C@H](O)[C@@H]1O. The number of ether oxygens (including phenoxy) is 2. The largest absolute Gasteiger partial charge is 0.459 e. The predicted octanol–water partition coefficient (Wildman–Crippen LogP) is 1.02. The van der Waals surface area contributed by atoms with Crippen LogP contribution in [0.1, 0.15) is 37.4 Å². The molecule has 1 saturated heterocycles. The average Bonchev–Trinajstić information content (AvgIpc) is 3.08. The zero-order valence-electron chi connectivity index (χ0n) is 18.6. The summed E-state index contributed by atoms with van der Waals surface area (Å²) in [6.07, 6.45) is -3.57. The van der Waals surface area contributed by atoms with Crippen LogP contribution in [0.3, 0.4) is 0 Å². The Labute approximate surface area is 187 Å². The van der Waals surface area contributed by atoms with Crippen LogP contribution in [0.2, 0.25) is 18.1 Å². The molecule has 9 nitrogen and oxygen atoms in total. The van der Waals surface area contributed by atoms with Crippen LogP contribution in [0, 0.1) is 0 Å². The third-order valence-electron chi connectivity index (χ3n) is 6.59. The Morgan fingerprint density at radius 1 is 1.16 bits per heavy atom. The first-order chi connectivity index (χ1) is 15.3. The van der Waals surface area contributed by atoms with E-state index < -0.39 is 44.3 Å². The molecular formula is C22H31N3O6Si. The van der Waals surface area contributed by atoms with E-state index in [-0.39, 0.29) is 12.4 Å². The molecule has 2 heterocycles. The number of carbonyl (C=O) groups excluding carboxylic acids is 1. The molecule has 3 rings (SSSR count). The molecule has 1 fully saturated rings. The molecule has 0 saturated carbocycles. The van der Waals surface area contributed by atoms with Gasteiger partial charge in [0, 0.05) is 6.20 Å². The van der Waals surface area contributed by atoms with Crippen LogP contribution in [-0.2, 0) is 9.47 Å². The van der Waals surface area contributed by atoms with E-state index in [0.29, 0.717) is 5.56 Å². The molecule has 174 valence electrons. The van der Waals surface area contributed by atoms with E-state index in [4.69, 9.17) is 15.2 Å². The Balaban J connectivity index is 1.75. The summed E-state index contributed by atoms with van der Waals surface area (Å²) < 4.78 is 12.2. The average molecular weight is 462 g/mol. The van der Waals surface area contributed by atoms with Gasteiger partial charge in [0.25, 0.3) is 0 Å². The molecule has 4 atom stereocenters. The number of anilines is 1. The summed E-state index contributed by atoms with van der Waals surface area (Å²) >= 11 is 0. The van der Waals surface area contributed by atoms with Gasteiger partial charge in [0.05, 0.1) is 13.6 Å². The number of nitrogens with two attached hydrogens (primary N) is 1. The van der Waals surface area contributed by atoms with Crippen LogP contribution in [0.4, 0.5) is 5.82 Å². The molecule has 1 aromatic carbocycles. The first-order valence-corrected chi connectivity index (χ1v) is 13.5. The molecule has 0 bridgehead atoms. The second-order valence-corrected chi connectivity index (χ2v) is 13.3. The molecule has 10 heteroatoms. The Morgan fingerprint density at radius 3 is 2.44 bits per heavy atom. The van der Waals surface area contributed by atoms with Gasteiger partial charge in [-0.05, 0) is 17.3 Å². The lowest BCUT2D eigenvalue weighted by Crippen LogP contribution is -2.48. The van der Waals surface area contributed by atoms with Gasteiger partial charge in [0.1, 0.15) is 30.7 Å². The zero-order chi connectivity index (χ0) is 23.5. The Hall–Kier alpha value is -2.53. The van der Waals surface area contributed by atoms with Gasteiger partial charge >= 0.3 is 11.7 Å². The van der Waals surface area contributed by atoms with Crippen molar-refractivity contribution in [2.45, 2.75) is 63.4 Å². The van der Waals surface area contributed by atoms with Gasteiger partial charge in [0.15, 0.2) is 6.23 Å². The summed E-state index contributed by atoms with van der Waals surface area (Å²) in [5.41, 5.74) is 5.31. The minimum absolute atomic E-state index is 0.0364. The van der Waals surface area contributed by atoms with Crippen LogP contribution in [-0.4, -0.2) is 58.7 Å². The molecule has 0 spiro atoms. The highest BCUT2D eigenvalue weighted by molar-refractivity contribution is 6.92. The molecule has 2 aromatic rings. The van der Waals surface area contributed by atoms with E-state index in [2.05, 4.69) is 25.8 Å². The van der Waals surface area contributed by atoms with Gasteiger partial charge in [0.2, 0.25) is 0 Å². The smallest absolute Gasteiger partial charge is 0.351 e. The van der Waals surface area contributed by atoms with Crippen molar-refractivity contribution in [3.05, 3.63) is 52.6 Å². The van der Waals surface area contributed by atoms with Crippen LogP contribution in [0.5, 0.6) is 0 Å². The quantitative estimate of drug-likeness (QED) is 0.391. The molecule has 4 N–H and O–H groups in total. The van der Waals surface area contributed by atoms with E-state index >= 15 is 0 Å². The fourth-order valence-electron chi connectivity index (χ4n) is 4.40. The highest BCUT2D eigenvalue weighted by Gasteiger charge is 2.45. The summed E-state index contributed by atoms with van der Waals surface area (Å²) in [4.78, 5) is 28.6. The first-order valence-electron chi connectivity index (χ1n) is 10.9. The Morgan fingerprint density at radius 2 is 1.81 bits per heavy atom. The third kappa shape index (κ3) is 4.49. The van der Waals surface area contributed by atoms with Crippen molar-refractivity contribution in [3.8, 4) is 0 Å². The van der Waals surface area contributed by atoms with Crippen molar-refractivity contribution in [3.63, 3.8) is 0 Å². The van der Waals surface area contributed by atoms with Crippen molar-refractivity contribution < 1.29 is 24.5 Å². The molecule has 0 aliphatic carbocycles. The highest BCUT2D eigenvalue weighted by Crippen LogP contribution is 2.29. The van der Waals surface area contributed by atoms with Gasteiger partial charge in [-0.2, -0.15) is 4.98 Å². The number of rotatable bonds is 8. The van der Waals surface area contributed by atoms with Gasteiger partial charge in [-0.15, -0.1) is 0 Å². The molecule has 0 amide bonds. The van der Waals surface area contributed by atoms with Crippen LogP contribution >= 0.6 is 0 Å². The van der Waals surface area contributed by atoms with Gasteiger partial charge in [-0.25, -0.2) is 9.59 Å². The van der Waals surface area contributed by atoms with Gasteiger partial charge in [-0.1, -0.05) is 57.1 Å². The van der Waals surface area contributed by atoms with Gasteiger partial charge < -0.3 is 25.4 Å². The van der Waals surface area contributed by atoms with Crippen LogP contribution in [0.15, 0.2) is 41.3 Å². The fourth-order valence-corrected chi connectivity index (χ4v) is 8.25. The summed E-state index contributed by atoms with van der Waals surface area (Å²) in [6.45, 7) is 6.23. The molecular weight excluding hydrogens is 430 g/mol. The molecule has 1 aliphatic heterocycles. The number of nitrogens with zero attached hydrogens (tertiary/aromatic N) is 2.